The van der Waals surface area contributed by atoms with Crippen LogP contribution in [0.25, 0.3) is 0 Å². The van der Waals surface area contributed by atoms with Crippen LogP contribution in [0, 0.1) is 5.92 Å². The van der Waals surface area contributed by atoms with Crippen LogP contribution in [0.2, 0.25) is 0 Å². The van der Waals surface area contributed by atoms with Gasteiger partial charge in [-0.25, -0.2) is 0 Å². The van der Waals surface area contributed by atoms with Gasteiger partial charge in [-0.05, 0) is 34.4 Å². The van der Waals surface area contributed by atoms with Gasteiger partial charge in [0.1, 0.15) is 36.6 Å². The van der Waals surface area contributed by atoms with E-state index in [2.05, 4.69) is 0 Å². The molecule has 0 saturated carbocycles. The Balaban J connectivity index is 1.16. The third kappa shape index (κ3) is 10.0. The van der Waals surface area contributed by atoms with E-state index in [9.17, 15) is 10.2 Å². The maximum Gasteiger partial charge on any atom is 0.170 e. The van der Waals surface area contributed by atoms with E-state index in [1.165, 1.54) is 11.8 Å². The van der Waals surface area contributed by atoms with Crippen molar-refractivity contribution < 1.29 is 43.4 Å². The Morgan fingerprint density at radius 3 is 1.60 bits per heavy atom. The molecule has 0 spiro atoms. The lowest BCUT2D eigenvalue weighted by Gasteiger charge is -2.50. The van der Waals surface area contributed by atoms with E-state index in [-0.39, 0.29) is 26.4 Å². The third-order valence-electron chi connectivity index (χ3n) is 10.8. The predicted molar refractivity (Wildman–Crippen MR) is 216 cm³/mol. The van der Waals surface area contributed by atoms with Crippen LogP contribution >= 0.6 is 11.8 Å². The van der Waals surface area contributed by atoms with Gasteiger partial charge in [0.05, 0.1) is 57.1 Å². The van der Waals surface area contributed by atoms with Crippen LogP contribution in [-0.2, 0) is 59.6 Å². The second kappa shape index (κ2) is 19.7. The SMILES string of the molecule is O[C@@H]1[C@H]([C@@H](O)[C@@H]2O[C@H](COCc3ccccc3)[C@H](OCc3ccccc3)[C@H](OCc3ccccc3)[C@H]2OCc2ccccc2)[C@@H](Sc2ccccc2)[C@@H]2OC[C@H]1O2. The molecule has 9 nitrogen and oxygen atoms in total. The summed E-state index contributed by atoms with van der Waals surface area (Å²) in [6.07, 6.45) is -7.35. The Kier molecular flexibility index (Phi) is 13.8. The van der Waals surface area contributed by atoms with Crippen LogP contribution in [0.3, 0.4) is 0 Å². The standard InChI is InChI=1S/C47H50O9S/c48-40-37-31-54-47(56-37)46(57-36-24-14-5-15-25-36)39(40)41(49)43-45(53-29-35-22-12-4-13-23-35)44(52-28-34-20-10-3-11-21-34)42(51-27-33-18-8-2-9-19-33)38(55-43)30-50-26-32-16-6-1-7-17-32/h1-25,37-49H,26-31H2/t37-,38-,39-,40+,41-,42+,43+,44+,45+,46-,47-/m1/s1. The maximum absolute atomic E-state index is 12.8. The molecule has 8 rings (SSSR count). The highest BCUT2D eigenvalue weighted by molar-refractivity contribution is 8.00. The van der Waals surface area contributed by atoms with E-state index < -0.39 is 66.3 Å². The number of rotatable bonds is 17. The predicted octanol–water partition coefficient (Wildman–Crippen LogP) is 6.98. The van der Waals surface area contributed by atoms with Crippen molar-refractivity contribution >= 4 is 11.8 Å². The van der Waals surface area contributed by atoms with Crippen molar-refractivity contribution in [3.63, 3.8) is 0 Å². The monoisotopic (exact) mass is 790 g/mol. The van der Waals surface area contributed by atoms with Gasteiger partial charge in [-0.15, -0.1) is 11.8 Å². The number of hydrogen-bond acceptors (Lipinski definition) is 10. The molecule has 3 aliphatic rings. The van der Waals surface area contributed by atoms with Crippen molar-refractivity contribution in [1.29, 1.82) is 0 Å². The second-order valence-electron chi connectivity index (χ2n) is 14.8. The van der Waals surface area contributed by atoms with Gasteiger partial charge in [0.15, 0.2) is 6.29 Å². The zero-order chi connectivity index (χ0) is 38.8. The largest absolute Gasteiger partial charge is 0.390 e. The molecule has 0 aliphatic carbocycles. The minimum absolute atomic E-state index is 0.154. The highest BCUT2D eigenvalue weighted by Gasteiger charge is 2.58. The summed E-state index contributed by atoms with van der Waals surface area (Å²) in [6, 6.07) is 49.8. The van der Waals surface area contributed by atoms with E-state index in [0.29, 0.717) is 13.2 Å². The van der Waals surface area contributed by atoms with E-state index >= 15 is 0 Å². The molecule has 10 heteroatoms. The summed E-state index contributed by atoms with van der Waals surface area (Å²) in [4.78, 5) is 0.969. The number of benzene rings is 5. The van der Waals surface area contributed by atoms with Gasteiger partial charge in [-0.2, -0.15) is 0 Å². The van der Waals surface area contributed by atoms with Gasteiger partial charge in [-0.1, -0.05) is 140 Å². The lowest BCUT2D eigenvalue weighted by molar-refractivity contribution is -0.295. The molecule has 0 radical (unpaired) electrons. The summed E-state index contributed by atoms with van der Waals surface area (Å²) >= 11 is 1.52. The number of hydrogen-bond donors (Lipinski definition) is 2. The average Bonchev–Trinajstić information content (AvgIpc) is 3.72. The lowest BCUT2D eigenvalue weighted by atomic mass is 9.80. The molecule has 5 aromatic carbocycles. The molecule has 2 N–H and O–H groups in total. The van der Waals surface area contributed by atoms with Crippen molar-refractivity contribution in [2.24, 2.45) is 5.92 Å². The van der Waals surface area contributed by atoms with E-state index in [4.69, 9.17) is 33.2 Å². The van der Waals surface area contributed by atoms with Crippen LogP contribution in [0.4, 0.5) is 0 Å². The fourth-order valence-electron chi connectivity index (χ4n) is 7.92. The van der Waals surface area contributed by atoms with Gasteiger partial charge < -0.3 is 43.4 Å². The van der Waals surface area contributed by atoms with Crippen LogP contribution in [0.5, 0.6) is 0 Å². The Morgan fingerprint density at radius 2 is 1.05 bits per heavy atom. The Bertz CT molecular complexity index is 1910. The first-order chi connectivity index (χ1) is 28.1. The van der Waals surface area contributed by atoms with Crippen LogP contribution in [0.1, 0.15) is 22.3 Å². The first-order valence-electron chi connectivity index (χ1n) is 19.7. The van der Waals surface area contributed by atoms with Gasteiger partial charge >= 0.3 is 0 Å². The minimum Gasteiger partial charge on any atom is -0.390 e. The quantitative estimate of drug-likeness (QED) is 0.103. The van der Waals surface area contributed by atoms with E-state index in [1.807, 2.05) is 152 Å². The molecule has 57 heavy (non-hydrogen) atoms. The summed E-state index contributed by atoms with van der Waals surface area (Å²) in [7, 11) is 0. The highest BCUT2D eigenvalue weighted by atomic mass is 32.2. The van der Waals surface area contributed by atoms with Gasteiger partial charge in [0.2, 0.25) is 0 Å². The van der Waals surface area contributed by atoms with Gasteiger partial charge in [0.25, 0.3) is 0 Å². The molecule has 298 valence electrons. The Labute approximate surface area is 338 Å². The summed E-state index contributed by atoms with van der Waals surface area (Å²) in [6.45, 7) is 1.54. The molecule has 3 saturated heterocycles. The number of thioether (sulfide) groups is 1. The molecule has 3 fully saturated rings. The van der Waals surface area contributed by atoms with Crippen LogP contribution in [0.15, 0.2) is 157 Å². The molecule has 0 unspecified atom stereocenters. The smallest absolute Gasteiger partial charge is 0.170 e. The van der Waals surface area contributed by atoms with E-state index in [0.717, 1.165) is 27.1 Å². The zero-order valence-electron chi connectivity index (χ0n) is 31.7. The summed E-state index contributed by atoms with van der Waals surface area (Å²) < 4.78 is 46.3. The molecule has 0 aromatic heterocycles. The van der Waals surface area contributed by atoms with Gasteiger partial charge in [0, 0.05) is 10.8 Å². The van der Waals surface area contributed by atoms with Crippen molar-refractivity contribution in [3.05, 3.63) is 174 Å². The normalized spacial score (nSPS) is 28.9. The van der Waals surface area contributed by atoms with Crippen molar-refractivity contribution in [2.45, 2.75) is 91.7 Å². The third-order valence-corrected chi connectivity index (χ3v) is 12.2. The fourth-order valence-corrected chi connectivity index (χ4v) is 9.28. The first-order valence-corrected chi connectivity index (χ1v) is 20.6. The summed E-state index contributed by atoms with van der Waals surface area (Å²) in [5, 5.41) is 24.3. The molecular formula is C47H50O9S. The molecule has 2 bridgehead atoms. The lowest BCUT2D eigenvalue weighted by Crippen LogP contribution is -2.67. The average molecular weight is 791 g/mol. The summed E-state index contributed by atoms with van der Waals surface area (Å²) in [5.41, 5.74) is 3.95. The zero-order valence-corrected chi connectivity index (χ0v) is 32.5. The summed E-state index contributed by atoms with van der Waals surface area (Å²) in [5.74, 6) is -0.711. The first kappa shape index (κ1) is 39.9. The van der Waals surface area contributed by atoms with Crippen molar-refractivity contribution in [1.82, 2.24) is 0 Å². The van der Waals surface area contributed by atoms with Crippen molar-refractivity contribution in [3.8, 4) is 0 Å². The number of ether oxygens (including phenoxy) is 7. The molecular weight excluding hydrogens is 741 g/mol. The number of aliphatic hydroxyl groups is 2. The van der Waals surface area contributed by atoms with Crippen LogP contribution in [-0.4, -0.2) is 83.8 Å². The molecule has 5 aromatic rings. The maximum atomic E-state index is 12.8. The Morgan fingerprint density at radius 1 is 0.579 bits per heavy atom. The molecule has 11 atom stereocenters. The van der Waals surface area contributed by atoms with E-state index in [1.54, 1.807) is 0 Å². The highest BCUT2D eigenvalue weighted by Crippen LogP contribution is 2.45. The van der Waals surface area contributed by atoms with Gasteiger partial charge in [-0.3, -0.25) is 0 Å². The molecule has 3 heterocycles. The number of aliphatic hydroxyl groups excluding tert-OH is 2. The fraction of sp³-hybridized carbons (Fsp3) is 0.362. The van der Waals surface area contributed by atoms with Crippen LogP contribution < -0.4 is 0 Å². The number of fused-ring (bicyclic) bond motifs is 2. The van der Waals surface area contributed by atoms with Crippen molar-refractivity contribution in [2.75, 3.05) is 13.2 Å². The Hall–Kier alpha value is -3.91. The molecule has 3 aliphatic heterocycles. The topological polar surface area (TPSA) is 105 Å². The molecule has 0 amide bonds. The second-order valence-corrected chi connectivity index (χ2v) is 16.0. The minimum atomic E-state index is -1.23.